The molecule has 2 aromatic rings. The number of phenolic OH excluding ortho intramolecular Hbond substituents is 2. The molecule has 0 unspecified atom stereocenters. The maximum atomic E-state index is 10.0. The Hall–Kier alpha value is -1.78. The Kier molecular flexibility index (Phi) is 3.40. The minimum atomic E-state index is -2.56. The van der Waals surface area contributed by atoms with E-state index in [1.54, 1.807) is 31.4 Å². The molecule has 0 aromatic heterocycles. The highest BCUT2D eigenvalue weighted by Crippen LogP contribution is 2.17. The Labute approximate surface area is 107 Å². The van der Waals surface area contributed by atoms with E-state index in [0.717, 1.165) is 10.4 Å². The monoisotopic (exact) mass is 260 g/mol. The molecule has 0 radical (unpaired) electrons. The predicted molar refractivity (Wildman–Crippen MR) is 74.1 cm³/mol. The normalized spacial score (nSPS) is 11.4. The van der Waals surface area contributed by atoms with Gasteiger partial charge in [0, 0.05) is 17.5 Å². The van der Waals surface area contributed by atoms with Crippen molar-refractivity contribution >= 4 is 18.7 Å². The largest absolute Gasteiger partial charge is 0.508 e. The van der Waals surface area contributed by atoms with Crippen molar-refractivity contribution in [2.75, 3.05) is 7.11 Å². The van der Waals surface area contributed by atoms with Gasteiger partial charge in [-0.2, -0.15) is 0 Å². The Morgan fingerprint density at radius 3 is 1.56 bits per heavy atom. The van der Waals surface area contributed by atoms with Gasteiger partial charge in [-0.3, -0.25) is 0 Å². The van der Waals surface area contributed by atoms with E-state index in [1.165, 1.54) is 0 Å². The van der Waals surface area contributed by atoms with Gasteiger partial charge in [0.2, 0.25) is 0 Å². The number of hydrogen-bond donors (Lipinski definition) is 2. The lowest BCUT2D eigenvalue weighted by molar-refractivity contribution is 0.414. The van der Waals surface area contributed by atoms with Crippen LogP contribution < -0.4 is 10.4 Å². The maximum absolute atomic E-state index is 10.0. The third-order valence-corrected chi connectivity index (χ3v) is 6.96. The zero-order chi connectivity index (χ0) is 13.2. The number of para-hydroxylation sites is 2. The summed E-state index contributed by atoms with van der Waals surface area (Å²) in [7, 11) is -0.949. The van der Waals surface area contributed by atoms with Crippen molar-refractivity contribution in [2.24, 2.45) is 0 Å². The summed E-state index contributed by atoms with van der Waals surface area (Å²) in [5.41, 5.74) is 0. The smallest absolute Gasteiger partial charge is 0.259 e. The van der Waals surface area contributed by atoms with E-state index in [4.69, 9.17) is 4.43 Å². The average molecular weight is 260 g/mol. The molecule has 0 saturated carbocycles. The van der Waals surface area contributed by atoms with Crippen LogP contribution in [0.5, 0.6) is 11.5 Å². The molecule has 0 aliphatic heterocycles. The summed E-state index contributed by atoms with van der Waals surface area (Å²) in [5, 5.41) is 21.5. The number of benzene rings is 2. The first-order chi connectivity index (χ1) is 8.59. The number of hydrogen-bond acceptors (Lipinski definition) is 3. The van der Waals surface area contributed by atoms with Crippen LogP contribution in [0.25, 0.3) is 0 Å². The first kappa shape index (κ1) is 12.7. The van der Waals surface area contributed by atoms with Crippen LogP contribution in [-0.4, -0.2) is 25.6 Å². The molecule has 0 aliphatic rings. The molecule has 94 valence electrons. The number of phenols is 2. The van der Waals surface area contributed by atoms with Crippen molar-refractivity contribution in [2.45, 2.75) is 6.55 Å². The van der Waals surface area contributed by atoms with E-state index in [-0.39, 0.29) is 11.5 Å². The van der Waals surface area contributed by atoms with Crippen LogP contribution in [0.2, 0.25) is 6.55 Å². The summed E-state index contributed by atoms with van der Waals surface area (Å²) < 4.78 is 5.69. The Bertz CT molecular complexity index is 509. The Morgan fingerprint density at radius 1 is 0.833 bits per heavy atom. The molecule has 0 amide bonds. The fraction of sp³-hybridized carbons (Fsp3) is 0.143. The molecule has 4 heteroatoms. The van der Waals surface area contributed by atoms with Crippen molar-refractivity contribution in [1.29, 1.82) is 0 Å². The summed E-state index contributed by atoms with van der Waals surface area (Å²) in [6, 6.07) is 14.2. The molecule has 0 saturated heterocycles. The van der Waals surface area contributed by atoms with Crippen molar-refractivity contribution in [3.05, 3.63) is 48.5 Å². The number of aromatic hydroxyl groups is 2. The summed E-state index contributed by atoms with van der Waals surface area (Å²) in [5.74, 6) is 0.411. The summed E-state index contributed by atoms with van der Waals surface area (Å²) in [6.45, 7) is 1.96. The van der Waals surface area contributed by atoms with Crippen molar-refractivity contribution in [3.63, 3.8) is 0 Å². The van der Waals surface area contributed by atoms with Crippen LogP contribution in [-0.2, 0) is 4.43 Å². The van der Waals surface area contributed by atoms with E-state index in [2.05, 4.69) is 0 Å². The highest BCUT2D eigenvalue weighted by molar-refractivity contribution is 6.97. The van der Waals surface area contributed by atoms with Gasteiger partial charge in [-0.1, -0.05) is 36.4 Å². The SMILES string of the molecule is CO[Si](C)(c1ccccc1O)c1ccccc1O. The first-order valence-corrected chi connectivity index (χ1v) is 8.12. The molecule has 0 bridgehead atoms. The molecular weight excluding hydrogens is 244 g/mol. The summed E-state index contributed by atoms with van der Waals surface area (Å²) >= 11 is 0. The quantitative estimate of drug-likeness (QED) is 0.821. The maximum Gasteiger partial charge on any atom is 0.259 e. The Morgan fingerprint density at radius 2 is 1.22 bits per heavy atom. The van der Waals surface area contributed by atoms with Crippen molar-refractivity contribution in [1.82, 2.24) is 0 Å². The molecule has 0 atom stereocenters. The van der Waals surface area contributed by atoms with Gasteiger partial charge < -0.3 is 14.6 Å². The zero-order valence-corrected chi connectivity index (χ0v) is 11.4. The number of rotatable bonds is 3. The van der Waals surface area contributed by atoms with Gasteiger partial charge >= 0.3 is 0 Å². The topological polar surface area (TPSA) is 49.7 Å². The van der Waals surface area contributed by atoms with Gasteiger partial charge in [-0.05, 0) is 18.7 Å². The highest BCUT2D eigenvalue weighted by atomic mass is 28.4. The molecule has 0 aliphatic carbocycles. The minimum Gasteiger partial charge on any atom is -0.508 e. The third-order valence-electron chi connectivity index (χ3n) is 3.24. The molecule has 0 spiro atoms. The second-order valence-corrected chi connectivity index (χ2v) is 7.82. The fourth-order valence-electron chi connectivity index (χ4n) is 2.12. The average Bonchev–Trinajstić information content (AvgIpc) is 2.39. The molecular formula is C14H16O3Si. The van der Waals surface area contributed by atoms with Gasteiger partial charge in [0.25, 0.3) is 8.32 Å². The van der Waals surface area contributed by atoms with Crippen LogP contribution in [0.4, 0.5) is 0 Å². The van der Waals surface area contributed by atoms with E-state index < -0.39 is 8.32 Å². The van der Waals surface area contributed by atoms with E-state index in [1.807, 2.05) is 30.8 Å². The van der Waals surface area contributed by atoms with Crippen LogP contribution in [0.1, 0.15) is 0 Å². The molecule has 3 nitrogen and oxygen atoms in total. The Balaban J connectivity index is 2.63. The van der Waals surface area contributed by atoms with E-state index >= 15 is 0 Å². The van der Waals surface area contributed by atoms with Crippen LogP contribution in [0.15, 0.2) is 48.5 Å². The molecule has 18 heavy (non-hydrogen) atoms. The standard InChI is InChI=1S/C14H16O3Si/c1-17-18(2,13-9-5-3-7-11(13)15)14-10-6-4-8-12(14)16/h3-10,15-16H,1-2H3. The molecule has 0 heterocycles. The molecule has 2 rings (SSSR count). The van der Waals surface area contributed by atoms with Gasteiger partial charge in [-0.15, -0.1) is 0 Å². The van der Waals surface area contributed by atoms with Crippen LogP contribution in [0, 0.1) is 0 Å². The van der Waals surface area contributed by atoms with Crippen LogP contribution in [0.3, 0.4) is 0 Å². The minimum absolute atomic E-state index is 0.205. The molecule has 2 N–H and O–H groups in total. The lowest BCUT2D eigenvalue weighted by Crippen LogP contribution is -2.57. The summed E-state index contributed by atoms with van der Waals surface area (Å²) in [4.78, 5) is 0. The van der Waals surface area contributed by atoms with Gasteiger partial charge in [0.1, 0.15) is 11.5 Å². The second kappa shape index (κ2) is 4.84. The van der Waals surface area contributed by atoms with E-state index in [9.17, 15) is 10.2 Å². The van der Waals surface area contributed by atoms with E-state index in [0.29, 0.717) is 0 Å². The lowest BCUT2D eigenvalue weighted by atomic mass is 10.3. The van der Waals surface area contributed by atoms with Crippen LogP contribution >= 0.6 is 0 Å². The van der Waals surface area contributed by atoms with Gasteiger partial charge in [-0.25, -0.2) is 0 Å². The molecule has 0 fully saturated rings. The first-order valence-electron chi connectivity index (χ1n) is 5.71. The van der Waals surface area contributed by atoms with Gasteiger partial charge in [0.05, 0.1) is 0 Å². The second-order valence-electron chi connectivity index (χ2n) is 4.27. The lowest BCUT2D eigenvalue weighted by Gasteiger charge is -2.27. The highest BCUT2D eigenvalue weighted by Gasteiger charge is 2.37. The van der Waals surface area contributed by atoms with Crippen molar-refractivity contribution < 1.29 is 14.6 Å². The zero-order valence-electron chi connectivity index (χ0n) is 10.4. The molecule has 2 aromatic carbocycles. The van der Waals surface area contributed by atoms with Gasteiger partial charge in [0.15, 0.2) is 0 Å². The fourth-order valence-corrected chi connectivity index (χ4v) is 4.82. The van der Waals surface area contributed by atoms with Crippen molar-refractivity contribution in [3.8, 4) is 11.5 Å². The summed E-state index contributed by atoms with van der Waals surface area (Å²) in [6.07, 6.45) is 0. The predicted octanol–water partition coefficient (Wildman–Crippen LogP) is 1.43. The third kappa shape index (κ3) is 2.00.